The van der Waals surface area contributed by atoms with Crippen molar-refractivity contribution in [2.75, 3.05) is 45.9 Å². The van der Waals surface area contributed by atoms with Gasteiger partial charge >= 0.3 is 5.97 Å². The fourth-order valence-electron chi connectivity index (χ4n) is 5.68. The van der Waals surface area contributed by atoms with Gasteiger partial charge in [-0.15, -0.1) is 0 Å². The lowest BCUT2D eigenvalue weighted by Gasteiger charge is -2.23. The van der Waals surface area contributed by atoms with Gasteiger partial charge in [-0.1, -0.05) is 70.4 Å². The minimum Gasteiger partial charge on any atom is -0.480 e. The Balaban J connectivity index is 0.00000102. The summed E-state index contributed by atoms with van der Waals surface area (Å²) in [5.74, 6) is 0.0493. The van der Waals surface area contributed by atoms with Crippen molar-refractivity contribution in [1.82, 2.24) is 10.2 Å². The second-order valence-corrected chi connectivity index (χ2v) is 13.5. The molecular weight excluding hydrogens is 625 g/mol. The predicted molar refractivity (Wildman–Crippen MR) is 201 cm³/mol. The number of hydrogen-bond donors (Lipinski definition) is 3. The molecule has 0 radical (unpaired) electrons. The Hall–Kier alpha value is -2.43. The summed E-state index contributed by atoms with van der Waals surface area (Å²) >= 11 is 1.57. The zero-order chi connectivity index (χ0) is 35.9. The van der Waals surface area contributed by atoms with Crippen LogP contribution in [-0.4, -0.2) is 91.2 Å². The lowest BCUT2D eigenvalue weighted by atomic mass is 9.90. The number of aliphatic hydroxyl groups is 1. The molecule has 272 valence electrons. The van der Waals surface area contributed by atoms with Gasteiger partial charge in [0.2, 0.25) is 0 Å². The number of amides is 1. The van der Waals surface area contributed by atoms with E-state index in [9.17, 15) is 14.7 Å². The zero-order valence-corrected chi connectivity index (χ0v) is 31.7. The van der Waals surface area contributed by atoms with Gasteiger partial charge in [-0.25, -0.2) is 4.79 Å². The van der Waals surface area contributed by atoms with Gasteiger partial charge in [0.1, 0.15) is 6.04 Å². The Labute approximate surface area is 295 Å². The molecule has 1 heterocycles. The van der Waals surface area contributed by atoms with Crippen LogP contribution < -0.4 is 5.32 Å². The van der Waals surface area contributed by atoms with Gasteiger partial charge in [0.15, 0.2) is 0 Å². The number of carbonyl (C=O) groups excluding carboxylic acids is 1. The Morgan fingerprint density at radius 1 is 1.04 bits per heavy atom. The summed E-state index contributed by atoms with van der Waals surface area (Å²) in [4.78, 5) is 27.5. The predicted octanol–water partition coefficient (Wildman–Crippen LogP) is 7.84. The highest BCUT2D eigenvalue weighted by Gasteiger charge is 2.26. The van der Waals surface area contributed by atoms with Crippen LogP contribution in [0.2, 0.25) is 0 Å². The standard InChI is InChI=1S/C31H42N2O4S.C4H10O.C2H6O.C2H6/c1-22-8-6-7-11-26(22)28-18-24(12-13-27(28)30(34)32-29(31(35)36)15-17-38-2)19-33-16-14-25(20-33)37-21-23-9-4-3-5-10-23;1-3-4(2)5;1-3-2;1-2/h6-8,11-13,18,23,25,29H,3-5,9-10,14-17,19-21H2,1-2H3,(H,32,34)(H,35,36);4-5H,3H2,1-2H3;1-2H3;1-2H3. The number of carbonyl (C=O) groups is 2. The molecule has 1 saturated heterocycles. The van der Waals surface area contributed by atoms with Crippen LogP contribution in [0.3, 0.4) is 0 Å². The maximum atomic E-state index is 13.3. The molecule has 2 aliphatic rings. The van der Waals surface area contributed by atoms with E-state index in [2.05, 4.69) is 21.0 Å². The minimum atomic E-state index is -1.00. The largest absolute Gasteiger partial charge is 0.480 e. The number of hydrogen-bond acceptors (Lipinski definition) is 7. The van der Waals surface area contributed by atoms with Gasteiger partial charge in [0.05, 0.1) is 12.2 Å². The fraction of sp³-hybridized carbons (Fsp3) is 0.641. The number of aryl methyl sites for hydroxylation is 1. The summed E-state index contributed by atoms with van der Waals surface area (Å²) in [6, 6.07) is 13.1. The van der Waals surface area contributed by atoms with Gasteiger partial charge in [-0.05, 0) is 98.3 Å². The van der Waals surface area contributed by atoms with Crippen molar-refractivity contribution in [1.29, 1.82) is 0 Å². The lowest BCUT2D eigenvalue weighted by Crippen LogP contribution is -2.41. The van der Waals surface area contributed by atoms with Gasteiger partial charge in [-0.2, -0.15) is 11.8 Å². The molecule has 1 aliphatic heterocycles. The van der Waals surface area contributed by atoms with E-state index in [1.807, 2.05) is 70.3 Å². The molecule has 0 spiro atoms. The number of carboxylic acids is 1. The van der Waals surface area contributed by atoms with E-state index < -0.39 is 12.0 Å². The number of nitrogens with one attached hydrogen (secondary N) is 1. The van der Waals surface area contributed by atoms with Gasteiger partial charge in [-0.3, -0.25) is 9.69 Å². The van der Waals surface area contributed by atoms with Crippen molar-refractivity contribution >= 4 is 23.6 Å². The first-order chi connectivity index (χ1) is 23.1. The molecule has 9 heteroatoms. The van der Waals surface area contributed by atoms with E-state index in [0.717, 1.165) is 67.3 Å². The quantitative estimate of drug-likeness (QED) is 0.195. The summed E-state index contributed by atoms with van der Waals surface area (Å²) in [6.07, 6.45) is 11.1. The van der Waals surface area contributed by atoms with Crippen LogP contribution in [0.4, 0.5) is 0 Å². The third kappa shape index (κ3) is 16.3. The number of thioether (sulfide) groups is 1. The highest BCUT2D eigenvalue weighted by Crippen LogP contribution is 2.30. The SMILES string of the molecule is CC.CCC(C)O.COC.CSCCC(NC(=O)c1ccc(CN2CCC(OCC3CCCCC3)C2)cc1-c1ccccc1C)C(=O)O. The Morgan fingerprint density at radius 2 is 1.69 bits per heavy atom. The van der Waals surface area contributed by atoms with E-state index in [-0.39, 0.29) is 12.0 Å². The molecule has 2 fully saturated rings. The minimum absolute atomic E-state index is 0.116. The number of carboxylic acid groups (broad SMARTS) is 1. The summed E-state index contributed by atoms with van der Waals surface area (Å²) in [6.45, 7) is 13.4. The average molecular weight is 689 g/mol. The Kier molecular flexibility index (Phi) is 23.2. The third-order valence-electron chi connectivity index (χ3n) is 8.50. The van der Waals surface area contributed by atoms with Crippen molar-refractivity contribution < 1.29 is 29.3 Å². The molecule has 1 saturated carbocycles. The number of rotatable bonds is 13. The zero-order valence-electron chi connectivity index (χ0n) is 30.9. The third-order valence-corrected chi connectivity index (χ3v) is 9.14. The summed E-state index contributed by atoms with van der Waals surface area (Å²) in [7, 11) is 3.25. The maximum Gasteiger partial charge on any atom is 0.326 e. The van der Waals surface area contributed by atoms with Crippen LogP contribution in [-0.2, 0) is 20.8 Å². The number of aliphatic hydroxyl groups excluding tert-OH is 1. The number of methoxy groups -OCH3 is 1. The molecule has 3 unspecified atom stereocenters. The number of likely N-dealkylation sites (tertiary alicyclic amines) is 1. The van der Waals surface area contributed by atoms with Gasteiger partial charge in [0, 0.05) is 46.0 Å². The molecule has 2 aromatic carbocycles. The van der Waals surface area contributed by atoms with E-state index in [1.54, 1.807) is 32.9 Å². The smallest absolute Gasteiger partial charge is 0.326 e. The summed E-state index contributed by atoms with van der Waals surface area (Å²) in [5, 5.41) is 20.7. The van der Waals surface area contributed by atoms with Crippen LogP contribution in [0.5, 0.6) is 0 Å². The molecule has 3 atom stereocenters. The first-order valence-electron chi connectivity index (χ1n) is 17.8. The Morgan fingerprint density at radius 3 is 2.27 bits per heavy atom. The van der Waals surface area contributed by atoms with Crippen molar-refractivity contribution in [3.63, 3.8) is 0 Å². The number of benzene rings is 2. The number of nitrogens with zero attached hydrogens (tertiary/aromatic N) is 1. The summed E-state index contributed by atoms with van der Waals surface area (Å²) < 4.78 is 10.6. The van der Waals surface area contributed by atoms with Crippen molar-refractivity contribution in [2.45, 2.75) is 111 Å². The molecule has 3 N–H and O–H groups in total. The van der Waals surface area contributed by atoms with Gasteiger partial charge in [0.25, 0.3) is 5.91 Å². The molecular formula is C39H64N2O6S. The molecule has 4 rings (SSSR count). The highest BCUT2D eigenvalue weighted by atomic mass is 32.2. The Bertz CT molecular complexity index is 1170. The van der Waals surface area contributed by atoms with E-state index in [1.165, 1.54) is 32.1 Å². The second-order valence-electron chi connectivity index (χ2n) is 12.5. The molecule has 0 bridgehead atoms. The monoisotopic (exact) mass is 688 g/mol. The van der Waals surface area contributed by atoms with E-state index in [0.29, 0.717) is 23.8 Å². The second kappa shape index (κ2) is 25.5. The molecule has 1 amide bonds. The number of aliphatic carboxylic acids is 1. The van der Waals surface area contributed by atoms with Crippen LogP contribution in [0.25, 0.3) is 11.1 Å². The summed E-state index contributed by atoms with van der Waals surface area (Å²) in [5.41, 5.74) is 4.56. The van der Waals surface area contributed by atoms with Crippen molar-refractivity contribution in [2.24, 2.45) is 5.92 Å². The molecule has 0 aromatic heterocycles. The van der Waals surface area contributed by atoms with E-state index >= 15 is 0 Å². The maximum absolute atomic E-state index is 13.3. The lowest BCUT2D eigenvalue weighted by molar-refractivity contribution is -0.139. The van der Waals surface area contributed by atoms with E-state index in [4.69, 9.17) is 9.84 Å². The van der Waals surface area contributed by atoms with Crippen molar-refractivity contribution in [3.8, 4) is 11.1 Å². The first-order valence-corrected chi connectivity index (χ1v) is 19.2. The average Bonchev–Trinajstić information content (AvgIpc) is 3.54. The van der Waals surface area contributed by atoms with Crippen LogP contribution in [0.15, 0.2) is 42.5 Å². The molecule has 8 nitrogen and oxygen atoms in total. The highest BCUT2D eigenvalue weighted by molar-refractivity contribution is 7.98. The van der Waals surface area contributed by atoms with Gasteiger partial charge < -0.3 is 25.0 Å². The van der Waals surface area contributed by atoms with Crippen LogP contribution >= 0.6 is 11.8 Å². The van der Waals surface area contributed by atoms with Crippen LogP contribution in [0.1, 0.15) is 101 Å². The first kappa shape index (κ1) is 43.6. The fourth-order valence-corrected chi connectivity index (χ4v) is 6.15. The normalized spacial score (nSPS) is 17.4. The van der Waals surface area contributed by atoms with Crippen molar-refractivity contribution in [3.05, 3.63) is 59.2 Å². The van der Waals surface area contributed by atoms with Crippen LogP contribution in [0, 0.1) is 12.8 Å². The topological polar surface area (TPSA) is 108 Å². The molecule has 1 aliphatic carbocycles. The number of ether oxygens (including phenoxy) is 2. The molecule has 2 aromatic rings. The molecule has 48 heavy (non-hydrogen) atoms.